The van der Waals surface area contributed by atoms with Crippen LogP contribution in [0.1, 0.15) is 19.8 Å². The van der Waals surface area contributed by atoms with Gasteiger partial charge in [-0.3, -0.25) is 0 Å². The summed E-state index contributed by atoms with van der Waals surface area (Å²) < 4.78 is 53.0. The van der Waals surface area contributed by atoms with E-state index in [1.165, 1.54) is 0 Å². The molecule has 0 saturated carbocycles. The van der Waals surface area contributed by atoms with Crippen LogP contribution in [-0.4, -0.2) is 31.5 Å². The molecule has 0 aromatic heterocycles. The van der Waals surface area contributed by atoms with Crippen molar-refractivity contribution < 1.29 is 27.4 Å². The van der Waals surface area contributed by atoms with Gasteiger partial charge in [0.2, 0.25) is 0 Å². The molecule has 3 heterocycles. The number of hydrogen-bond donors (Lipinski definition) is 0. The maximum atomic E-state index is 12.6. The Balaban J connectivity index is 2.12. The van der Waals surface area contributed by atoms with E-state index in [0.29, 0.717) is 12.8 Å². The van der Waals surface area contributed by atoms with Gasteiger partial charge in [0.25, 0.3) is 5.97 Å². The Bertz CT molecular complexity index is 228. The Morgan fingerprint density at radius 2 is 1.87 bits per heavy atom. The lowest BCUT2D eigenvalue weighted by Crippen LogP contribution is -2.62. The van der Waals surface area contributed by atoms with E-state index in [-0.39, 0.29) is 13.2 Å². The Morgan fingerprint density at radius 3 is 2.33 bits per heavy atom. The van der Waals surface area contributed by atoms with Crippen molar-refractivity contribution in [3.63, 3.8) is 0 Å². The molecule has 0 radical (unpaired) electrons. The fourth-order valence-corrected chi connectivity index (χ4v) is 1.93. The van der Waals surface area contributed by atoms with E-state index >= 15 is 0 Å². The van der Waals surface area contributed by atoms with Crippen LogP contribution in [0.5, 0.6) is 0 Å². The van der Waals surface area contributed by atoms with Gasteiger partial charge >= 0.3 is 6.18 Å². The van der Waals surface area contributed by atoms with E-state index in [1.807, 2.05) is 6.92 Å². The summed E-state index contributed by atoms with van der Waals surface area (Å²) in [6, 6.07) is 0. The molecule has 6 heteroatoms. The molecule has 1 atom stereocenters. The van der Waals surface area contributed by atoms with E-state index < -0.39 is 24.2 Å². The maximum absolute atomic E-state index is 12.6. The van der Waals surface area contributed by atoms with Crippen LogP contribution in [0.25, 0.3) is 0 Å². The van der Waals surface area contributed by atoms with Crippen molar-refractivity contribution in [3.05, 3.63) is 0 Å². The number of halogens is 3. The monoisotopic (exact) mass is 226 g/mol. The van der Waals surface area contributed by atoms with Crippen molar-refractivity contribution in [2.45, 2.75) is 38.0 Å². The number of rotatable bonds is 2. The molecule has 0 amide bonds. The molecule has 0 aromatic carbocycles. The highest BCUT2D eigenvalue weighted by molar-refractivity contribution is 4.86. The highest BCUT2D eigenvalue weighted by Crippen LogP contribution is 2.43. The smallest absolute Gasteiger partial charge is 0.327 e. The second-order valence-electron chi connectivity index (χ2n) is 3.90. The van der Waals surface area contributed by atoms with Crippen LogP contribution >= 0.6 is 0 Å². The summed E-state index contributed by atoms with van der Waals surface area (Å²) in [7, 11) is 0. The fourth-order valence-electron chi connectivity index (χ4n) is 1.93. The van der Waals surface area contributed by atoms with E-state index in [4.69, 9.17) is 14.2 Å². The fraction of sp³-hybridized carbons (Fsp3) is 1.00. The maximum Gasteiger partial charge on any atom is 0.415 e. The van der Waals surface area contributed by atoms with Gasteiger partial charge in [-0.15, -0.1) is 0 Å². The molecule has 2 bridgehead atoms. The average molecular weight is 226 g/mol. The number of alkyl halides is 3. The molecule has 15 heavy (non-hydrogen) atoms. The van der Waals surface area contributed by atoms with Gasteiger partial charge in [0.1, 0.15) is 0 Å². The molecule has 3 rings (SSSR count). The summed E-state index contributed by atoms with van der Waals surface area (Å²) in [5, 5.41) is 0. The van der Waals surface area contributed by atoms with Crippen LogP contribution in [0.3, 0.4) is 0 Å². The number of hydrogen-bond acceptors (Lipinski definition) is 3. The topological polar surface area (TPSA) is 27.7 Å². The highest BCUT2D eigenvalue weighted by atomic mass is 19.4. The highest BCUT2D eigenvalue weighted by Gasteiger charge is 2.58. The van der Waals surface area contributed by atoms with Gasteiger partial charge in [-0.2, -0.15) is 13.2 Å². The van der Waals surface area contributed by atoms with Gasteiger partial charge in [0.15, 0.2) is 6.10 Å². The van der Waals surface area contributed by atoms with Crippen molar-refractivity contribution in [2.75, 3.05) is 13.2 Å². The van der Waals surface area contributed by atoms with Crippen LogP contribution in [0.15, 0.2) is 0 Å². The largest absolute Gasteiger partial charge is 0.415 e. The van der Waals surface area contributed by atoms with Crippen LogP contribution in [0.2, 0.25) is 0 Å². The summed E-state index contributed by atoms with van der Waals surface area (Å²) in [6.07, 6.45) is -5.11. The summed E-state index contributed by atoms with van der Waals surface area (Å²) in [5.41, 5.74) is 0. The van der Waals surface area contributed by atoms with Crippen molar-refractivity contribution >= 4 is 0 Å². The summed E-state index contributed by atoms with van der Waals surface area (Å²) in [5.74, 6) is -2.19. The Morgan fingerprint density at radius 1 is 1.27 bits per heavy atom. The molecule has 3 aliphatic rings. The first-order valence-electron chi connectivity index (χ1n) is 4.99. The second-order valence-corrected chi connectivity index (χ2v) is 3.90. The third kappa shape index (κ3) is 1.98. The van der Waals surface area contributed by atoms with E-state index in [1.54, 1.807) is 0 Å². The van der Waals surface area contributed by atoms with Crippen LogP contribution in [-0.2, 0) is 14.2 Å². The predicted molar refractivity (Wildman–Crippen MR) is 44.0 cm³/mol. The van der Waals surface area contributed by atoms with Crippen LogP contribution in [0.4, 0.5) is 13.2 Å². The lowest BCUT2D eigenvalue weighted by molar-refractivity contribution is -0.493. The lowest BCUT2D eigenvalue weighted by Gasteiger charge is -2.49. The zero-order valence-corrected chi connectivity index (χ0v) is 8.34. The zero-order valence-electron chi connectivity index (χ0n) is 8.34. The van der Waals surface area contributed by atoms with Gasteiger partial charge in [0.05, 0.1) is 13.2 Å². The Kier molecular flexibility index (Phi) is 2.68. The minimum atomic E-state index is -4.34. The van der Waals surface area contributed by atoms with Gasteiger partial charge in [-0.05, 0) is 6.42 Å². The molecule has 0 N–H and O–H groups in total. The van der Waals surface area contributed by atoms with Gasteiger partial charge in [-0.1, -0.05) is 6.92 Å². The second kappa shape index (κ2) is 3.61. The van der Waals surface area contributed by atoms with E-state index in [2.05, 4.69) is 0 Å². The lowest BCUT2D eigenvalue weighted by atomic mass is 10.00. The average Bonchev–Trinajstić information content (AvgIpc) is 2.18. The van der Waals surface area contributed by atoms with Gasteiger partial charge in [0, 0.05) is 12.3 Å². The first kappa shape index (κ1) is 11.2. The van der Waals surface area contributed by atoms with Crippen LogP contribution < -0.4 is 0 Å². The van der Waals surface area contributed by atoms with Crippen molar-refractivity contribution in [3.8, 4) is 0 Å². The standard InChI is InChI=1S/C9H13F3O3/c1-2-3-8-13-4-6(5-14-8)7(15-8)9(10,11)12/h6-7H,2-5H2,1H3. The summed E-state index contributed by atoms with van der Waals surface area (Å²) in [4.78, 5) is 0. The Hall–Kier alpha value is -0.330. The van der Waals surface area contributed by atoms with Crippen molar-refractivity contribution in [2.24, 2.45) is 5.92 Å². The first-order chi connectivity index (χ1) is 6.97. The Labute approximate surface area is 85.5 Å². The van der Waals surface area contributed by atoms with Crippen molar-refractivity contribution in [1.29, 1.82) is 0 Å². The molecule has 1 unspecified atom stereocenters. The molecule has 0 aromatic rings. The molecular formula is C9H13F3O3. The SMILES string of the molecule is CCCC12OCC(CO1)C(C(F)(F)F)O2. The molecule has 3 aliphatic heterocycles. The minimum Gasteiger partial charge on any atom is -0.327 e. The third-order valence-electron chi connectivity index (χ3n) is 2.65. The first-order valence-corrected chi connectivity index (χ1v) is 4.99. The third-order valence-corrected chi connectivity index (χ3v) is 2.65. The van der Waals surface area contributed by atoms with Crippen molar-refractivity contribution in [1.82, 2.24) is 0 Å². The van der Waals surface area contributed by atoms with E-state index in [9.17, 15) is 13.2 Å². The molecule has 3 nitrogen and oxygen atoms in total. The zero-order chi connectivity index (χ0) is 11.1. The van der Waals surface area contributed by atoms with Gasteiger partial charge < -0.3 is 14.2 Å². The predicted octanol–water partition coefficient (Wildman–Crippen LogP) is 2.06. The van der Waals surface area contributed by atoms with Gasteiger partial charge in [-0.25, -0.2) is 0 Å². The number of fused-ring (bicyclic) bond motifs is 3. The molecule has 3 saturated heterocycles. The molecule has 0 aliphatic carbocycles. The molecular weight excluding hydrogens is 213 g/mol. The minimum absolute atomic E-state index is 0.0597. The van der Waals surface area contributed by atoms with E-state index in [0.717, 1.165) is 0 Å². The number of ether oxygens (including phenoxy) is 3. The summed E-state index contributed by atoms with van der Waals surface area (Å²) >= 11 is 0. The summed E-state index contributed by atoms with van der Waals surface area (Å²) in [6.45, 7) is 1.96. The molecule has 3 fully saturated rings. The van der Waals surface area contributed by atoms with Crippen LogP contribution in [0, 0.1) is 5.92 Å². The normalized spacial score (nSPS) is 40.8. The molecule has 0 spiro atoms. The molecule has 88 valence electrons. The quantitative estimate of drug-likeness (QED) is 0.721.